The third-order valence-corrected chi connectivity index (χ3v) is 3.75. The fraction of sp³-hybridized carbons (Fsp3) is 0.222. The fourth-order valence-electron chi connectivity index (χ4n) is 2.48. The van der Waals surface area contributed by atoms with Crippen molar-refractivity contribution in [2.45, 2.75) is 20.3 Å². The Bertz CT molecular complexity index is 1020. The molecule has 1 N–H and O–H groups in total. The van der Waals surface area contributed by atoms with E-state index in [1.807, 2.05) is 13.0 Å². The van der Waals surface area contributed by atoms with Crippen LogP contribution in [0, 0.1) is 6.92 Å². The average Bonchev–Trinajstić information content (AvgIpc) is 3.09. The smallest absolute Gasteiger partial charge is 0.340 e. The van der Waals surface area contributed by atoms with Crippen molar-refractivity contribution in [1.82, 2.24) is 14.9 Å². The van der Waals surface area contributed by atoms with Gasteiger partial charge in [-0.15, -0.1) is 10.2 Å². The lowest BCUT2D eigenvalue weighted by molar-refractivity contribution is -0.116. The van der Waals surface area contributed by atoms with E-state index in [-0.39, 0.29) is 12.3 Å². The predicted octanol–water partition coefficient (Wildman–Crippen LogP) is 1.96. The van der Waals surface area contributed by atoms with E-state index in [9.17, 15) is 9.59 Å². The average molecular weight is 354 g/mol. The number of aryl methyl sites for hydroxylation is 1. The van der Waals surface area contributed by atoms with Crippen molar-refractivity contribution in [1.29, 1.82) is 0 Å². The molecule has 0 fully saturated rings. The first kappa shape index (κ1) is 17.4. The van der Waals surface area contributed by atoms with Gasteiger partial charge < -0.3 is 9.15 Å². The molecule has 0 saturated carbocycles. The van der Waals surface area contributed by atoms with Gasteiger partial charge in [-0.1, -0.05) is 6.58 Å². The Balaban J connectivity index is 1.87. The Kier molecular flexibility index (Phi) is 4.83. The van der Waals surface area contributed by atoms with Crippen LogP contribution < -0.4 is 15.8 Å². The van der Waals surface area contributed by atoms with Crippen LogP contribution in [-0.4, -0.2) is 27.4 Å². The van der Waals surface area contributed by atoms with Crippen LogP contribution in [0.5, 0.6) is 5.75 Å². The maximum Gasteiger partial charge on any atom is 0.340 e. The monoisotopic (exact) mass is 354 g/mol. The predicted molar refractivity (Wildman–Crippen MR) is 95.6 cm³/mol. The molecule has 8 heteroatoms. The summed E-state index contributed by atoms with van der Waals surface area (Å²) in [6.07, 6.45) is 2.58. The summed E-state index contributed by atoms with van der Waals surface area (Å²) in [4.78, 5) is 24.5. The highest BCUT2D eigenvalue weighted by Crippen LogP contribution is 2.24. The number of amides is 1. The molecule has 1 amide bonds. The highest BCUT2D eigenvalue weighted by Gasteiger charge is 2.15. The van der Waals surface area contributed by atoms with E-state index in [1.165, 1.54) is 17.3 Å². The normalized spacial score (nSPS) is 10.7. The first-order chi connectivity index (χ1) is 12.4. The second kappa shape index (κ2) is 7.22. The molecular weight excluding hydrogens is 336 g/mol. The Labute approximate surface area is 149 Å². The van der Waals surface area contributed by atoms with Gasteiger partial charge in [0.25, 0.3) is 0 Å². The van der Waals surface area contributed by atoms with Crippen molar-refractivity contribution in [3.05, 3.63) is 64.6 Å². The van der Waals surface area contributed by atoms with Gasteiger partial charge in [0, 0.05) is 11.5 Å². The molecule has 26 heavy (non-hydrogen) atoms. The molecule has 0 aliphatic heterocycles. The Morgan fingerprint density at radius 2 is 2.08 bits per heavy atom. The largest absolute Gasteiger partial charge is 0.489 e. The number of hydrogen-bond acceptors (Lipinski definition) is 6. The van der Waals surface area contributed by atoms with Gasteiger partial charge in [-0.3, -0.25) is 10.2 Å². The quantitative estimate of drug-likeness (QED) is 0.537. The van der Waals surface area contributed by atoms with Crippen molar-refractivity contribution in [3.8, 4) is 5.75 Å². The van der Waals surface area contributed by atoms with Gasteiger partial charge >= 0.3 is 5.63 Å². The molecule has 0 atom stereocenters. The Morgan fingerprint density at radius 1 is 1.35 bits per heavy atom. The minimum absolute atomic E-state index is 0.115. The van der Waals surface area contributed by atoms with Crippen molar-refractivity contribution in [2.24, 2.45) is 0 Å². The number of aromatic nitrogens is 3. The van der Waals surface area contributed by atoms with Gasteiger partial charge in [-0.05, 0) is 37.1 Å². The number of benzene rings is 1. The van der Waals surface area contributed by atoms with E-state index in [0.29, 0.717) is 29.1 Å². The second-order valence-corrected chi connectivity index (χ2v) is 5.98. The Hall–Kier alpha value is -3.42. The van der Waals surface area contributed by atoms with E-state index in [2.05, 4.69) is 22.2 Å². The number of ether oxygens (including phenoxy) is 1. The Morgan fingerprint density at radius 3 is 2.77 bits per heavy atom. The zero-order valence-electron chi connectivity index (χ0n) is 14.5. The van der Waals surface area contributed by atoms with E-state index in [4.69, 9.17) is 9.15 Å². The fourth-order valence-corrected chi connectivity index (χ4v) is 2.48. The van der Waals surface area contributed by atoms with Crippen molar-refractivity contribution < 1.29 is 13.9 Å². The topological polar surface area (TPSA) is 99.2 Å². The zero-order valence-corrected chi connectivity index (χ0v) is 14.5. The van der Waals surface area contributed by atoms with Gasteiger partial charge in [0.15, 0.2) is 0 Å². The van der Waals surface area contributed by atoms with Gasteiger partial charge in [0.2, 0.25) is 5.91 Å². The first-order valence-corrected chi connectivity index (χ1v) is 7.92. The van der Waals surface area contributed by atoms with Crippen LogP contribution in [0.15, 0.2) is 52.2 Å². The summed E-state index contributed by atoms with van der Waals surface area (Å²) in [6, 6.07) is 5.26. The molecule has 0 radical (unpaired) electrons. The van der Waals surface area contributed by atoms with Crippen LogP contribution in [0.4, 0.5) is 0 Å². The number of fused-ring (bicyclic) bond motifs is 1. The zero-order chi connectivity index (χ0) is 18.7. The molecule has 0 aliphatic carbocycles. The molecule has 0 bridgehead atoms. The molecule has 0 spiro atoms. The number of nitrogens with one attached hydrogen (secondary N) is 1. The first-order valence-electron chi connectivity index (χ1n) is 7.92. The summed E-state index contributed by atoms with van der Waals surface area (Å²) in [7, 11) is 0. The molecule has 2 heterocycles. The number of nitrogens with zero attached hydrogens (tertiary/aromatic N) is 3. The lowest BCUT2D eigenvalue weighted by Gasteiger charge is -2.10. The summed E-state index contributed by atoms with van der Waals surface area (Å²) in [5.41, 5.74) is 4.30. The van der Waals surface area contributed by atoms with Crippen LogP contribution in [0.1, 0.15) is 18.1 Å². The number of carbonyl (C=O) groups excluding carboxylic acids is 1. The van der Waals surface area contributed by atoms with Gasteiger partial charge in [0.1, 0.15) is 30.6 Å². The molecular formula is C18H18N4O4. The lowest BCUT2D eigenvalue weighted by atomic mass is 10.0. The SMILES string of the molecule is C=C(C)COc1ccc2c(C)c(CC(=O)Nn3cnnc3)c(=O)oc2c1. The molecule has 8 nitrogen and oxygen atoms in total. The van der Waals surface area contributed by atoms with Gasteiger partial charge in [-0.2, -0.15) is 0 Å². The van der Waals surface area contributed by atoms with Crippen LogP contribution >= 0.6 is 0 Å². The third kappa shape index (κ3) is 3.80. The minimum atomic E-state index is -0.550. The minimum Gasteiger partial charge on any atom is -0.489 e. The molecule has 0 unspecified atom stereocenters. The van der Waals surface area contributed by atoms with E-state index < -0.39 is 5.63 Å². The number of carbonyl (C=O) groups is 1. The molecule has 134 valence electrons. The molecule has 2 aromatic heterocycles. The van der Waals surface area contributed by atoms with E-state index in [0.717, 1.165) is 11.0 Å². The third-order valence-electron chi connectivity index (χ3n) is 3.75. The van der Waals surface area contributed by atoms with E-state index >= 15 is 0 Å². The van der Waals surface area contributed by atoms with Gasteiger partial charge in [-0.25, -0.2) is 9.47 Å². The maximum absolute atomic E-state index is 12.3. The van der Waals surface area contributed by atoms with E-state index in [1.54, 1.807) is 19.1 Å². The standard InChI is InChI=1S/C18H18N4O4/c1-11(2)8-25-13-4-5-14-12(3)15(18(24)26-16(14)6-13)7-17(23)21-22-9-19-20-10-22/h4-6,9-10H,1,7-8H2,2-3H3,(H,21,23). The van der Waals surface area contributed by atoms with Crippen molar-refractivity contribution in [3.63, 3.8) is 0 Å². The van der Waals surface area contributed by atoms with Crippen molar-refractivity contribution >= 4 is 16.9 Å². The summed E-state index contributed by atoms with van der Waals surface area (Å²) in [5.74, 6) is 0.210. The molecule has 3 aromatic rings. The number of hydrogen-bond donors (Lipinski definition) is 1. The molecule has 1 aromatic carbocycles. The number of rotatable bonds is 6. The van der Waals surface area contributed by atoms with Crippen LogP contribution in [0.3, 0.4) is 0 Å². The molecule has 3 rings (SSSR count). The summed E-state index contributed by atoms with van der Waals surface area (Å²) >= 11 is 0. The summed E-state index contributed by atoms with van der Waals surface area (Å²) < 4.78 is 12.3. The van der Waals surface area contributed by atoms with Crippen LogP contribution in [0.25, 0.3) is 11.0 Å². The van der Waals surface area contributed by atoms with Crippen LogP contribution in [0.2, 0.25) is 0 Å². The van der Waals surface area contributed by atoms with Crippen LogP contribution in [-0.2, 0) is 11.2 Å². The molecule has 0 saturated heterocycles. The summed E-state index contributed by atoms with van der Waals surface area (Å²) in [6.45, 7) is 7.82. The maximum atomic E-state index is 12.3. The lowest BCUT2D eigenvalue weighted by Crippen LogP contribution is -2.26. The highest BCUT2D eigenvalue weighted by molar-refractivity contribution is 5.88. The summed E-state index contributed by atoms with van der Waals surface area (Å²) in [5, 5.41) is 7.94. The second-order valence-electron chi connectivity index (χ2n) is 5.98. The van der Waals surface area contributed by atoms with Gasteiger partial charge in [0.05, 0.1) is 12.0 Å². The highest BCUT2D eigenvalue weighted by atomic mass is 16.5. The van der Waals surface area contributed by atoms with Crippen molar-refractivity contribution in [2.75, 3.05) is 12.0 Å². The molecule has 0 aliphatic rings.